The van der Waals surface area contributed by atoms with Crippen LogP contribution in [-0.4, -0.2) is 90.6 Å². The van der Waals surface area contributed by atoms with Gasteiger partial charge in [-0.25, -0.2) is 0 Å². The Morgan fingerprint density at radius 3 is 2.39 bits per heavy atom. The Hall–Kier alpha value is -5.78. The number of fused-ring (bicyclic) bond motifs is 4. The topological polar surface area (TPSA) is 100.0 Å². The number of hydrogen-bond donors (Lipinski definition) is 1. The first-order chi connectivity index (χ1) is 27.9. The second-order valence-electron chi connectivity index (χ2n) is 15.9. The molecule has 0 bridgehead atoms. The van der Waals surface area contributed by atoms with Crippen LogP contribution in [0.4, 0.5) is 17.1 Å². The van der Waals surface area contributed by atoms with E-state index in [1.165, 1.54) is 11.1 Å². The number of phenols is 1. The Morgan fingerprint density at radius 2 is 1.56 bits per heavy atom. The summed E-state index contributed by atoms with van der Waals surface area (Å²) in [7, 11) is 2.08. The number of rotatable bonds is 7. The van der Waals surface area contributed by atoms with Gasteiger partial charge in [-0.2, -0.15) is 0 Å². The highest BCUT2D eigenvalue weighted by Crippen LogP contribution is 2.43. The molecule has 0 spiro atoms. The average Bonchev–Trinajstić information content (AvgIpc) is 3.98. The fourth-order valence-electron chi connectivity index (χ4n) is 9.41. The van der Waals surface area contributed by atoms with Crippen molar-refractivity contribution < 1.29 is 28.9 Å². The lowest BCUT2D eigenvalue weighted by atomic mass is 9.92. The third-order valence-electron chi connectivity index (χ3n) is 12.5. The van der Waals surface area contributed by atoms with E-state index in [0.717, 1.165) is 98.7 Å². The molecule has 0 unspecified atom stereocenters. The number of nitrogens with zero attached hydrogens (tertiary/aromatic N) is 5. The van der Waals surface area contributed by atoms with E-state index in [2.05, 4.69) is 51.7 Å². The van der Waals surface area contributed by atoms with E-state index in [4.69, 9.17) is 14.2 Å². The third-order valence-corrected chi connectivity index (χ3v) is 12.5. The molecule has 11 heteroatoms. The number of aromatic hydroxyl groups is 1. The van der Waals surface area contributed by atoms with Crippen molar-refractivity contribution in [1.82, 2.24) is 14.4 Å². The zero-order chi connectivity index (χ0) is 38.6. The Balaban J connectivity index is 1.08. The molecule has 6 heterocycles. The zero-order valence-electron chi connectivity index (χ0n) is 32.3. The number of ether oxygens (including phenoxy) is 3. The van der Waals surface area contributed by atoms with E-state index in [-0.39, 0.29) is 30.4 Å². The molecular weight excluding hydrogens is 719 g/mol. The first-order valence-corrected chi connectivity index (χ1v) is 20.2. The molecule has 1 aromatic heterocycles. The maximum Gasteiger partial charge on any atom is 0.264 e. The smallest absolute Gasteiger partial charge is 0.264 e. The Bertz CT molecular complexity index is 2370. The van der Waals surface area contributed by atoms with E-state index < -0.39 is 0 Å². The Labute approximate surface area is 332 Å². The summed E-state index contributed by atoms with van der Waals surface area (Å²) in [6, 6.07) is 27.2. The number of carbonyl (C=O) groups excluding carboxylic acids is 2. The molecular formula is C46H47N5O6. The molecule has 11 nitrogen and oxygen atoms in total. The number of hydrogen-bond acceptors (Lipinski definition) is 8. The maximum atomic E-state index is 15.3. The van der Waals surface area contributed by atoms with Gasteiger partial charge in [-0.05, 0) is 103 Å². The molecule has 1 N–H and O–H groups in total. The highest BCUT2D eigenvalue weighted by Gasteiger charge is 2.36. The molecule has 0 radical (unpaired) electrons. The minimum Gasteiger partial charge on any atom is -0.508 e. The monoisotopic (exact) mass is 765 g/mol. The molecule has 0 aliphatic carbocycles. The molecule has 1 saturated heterocycles. The standard InChI is InChI=1S/C46H47N5O6/c1-47-17-15-30-9-10-34(23-41(30)47)51(33-11-13-36(52)14-12-33)46(54)39-24-42(49-16-5-4-8-40(39)49)37-25-43-44(57-29-56-43)26-38(37)45(53)50-27-32-7-3-2-6-31(32)22-35(50)28-48-18-20-55-21-19-48/h2-3,6-7,9-14,23-26,35,52H,4-5,8,15-22,27-29H2,1H3/t35-/m0/s1. The number of benzene rings is 4. The summed E-state index contributed by atoms with van der Waals surface area (Å²) < 4.78 is 19.7. The molecule has 5 aliphatic rings. The molecule has 0 saturated carbocycles. The largest absolute Gasteiger partial charge is 0.508 e. The summed E-state index contributed by atoms with van der Waals surface area (Å²) in [5, 5.41) is 10.2. The van der Waals surface area contributed by atoms with Crippen LogP contribution in [0.3, 0.4) is 0 Å². The predicted octanol–water partition coefficient (Wildman–Crippen LogP) is 6.80. The number of morpholine rings is 1. The number of likely N-dealkylation sites (N-methyl/N-ethyl adjacent to an activating group) is 1. The molecule has 1 atom stereocenters. The highest BCUT2D eigenvalue weighted by molar-refractivity contribution is 6.13. The van der Waals surface area contributed by atoms with Gasteiger partial charge >= 0.3 is 0 Å². The molecule has 5 aliphatic heterocycles. The first-order valence-electron chi connectivity index (χ1n) is 20.2. The second kappa shape index (κ2) is 14.6. The van der Waals surface area contributed by atoms with Gasteiger partial charge in [-0.15, -0.1) is 0 Å². The summed E-state index contributed by atoms with van der Waals surface area (Å²) in [6.07, 6.45) is 4.37. The van der Waals surface area contributed by atoms with E-state index in [0.29, 0.717) is 48.1 Å². The number of phenolic OH excluding ortho intramolecular Hbond substituents is 1. The number of carbonyl (C=O) groups is 2. The lowest BCUT2D eigenvalue weighted by Gasteiger charge is -2.40. The second-order valence-corrected chi connectivity index (χ2v) is 15.9. The third kappa shape index (κ3) is 6.48. The van der Waals surface area contributed by atoms with Crippen LogP contribution in [-0.2, 0) is 37.1 Å². The van der Waals surface area contributed by atoms with Crippen LogP contribution in [0.5, 0.6) is 17.2 Å². The quantitative estimate of drug-likeness (QED) is 0.193. The fraction of sp³-hybridized carbons (Fsp3) is 0.348. The minimum absolute atomic E-state index is 0.0348. The molecule has 292 valence electrons. The van der Waals surface area contributed by atoms with Gasteiger partial charge in [0.2, 0.25) is 6.79 Å². The summed E-state index contributed by atoms with van der Waals surface area (Å²) in [6.45, 7) is 6.06. The van der Waals surface area contributed by atoms with E-state index in [1.54, 1.807) is 29.2 Å². The SMILES string of the molecule is CN1CCc2ccc(N(C(=O)c3cc(-c4cc5c(cc4C(=O)N4Cc6ccccc6C[C@H]4CN4CCOCC4)OCO5)n4c3CCCC4)c3ccc(O)cc3)cc21. The van der Waals surface area contributed by atoms with Crippen LogP contribution in [0, 0.1) is 0 Å². The lowest BCUT2D eigenvalue weighted by molar-refractivity contribution is 0.0193. The van der Waals surface area contributed by atoms with Gasteiger partial charge in [0.25, 0.3) is 11.8 Å². The van der Waals surface area contributed by atoms with Crippen molar-refractivity contribution >= 4 is 28.9 Å². The number of amides is 2. The fourth-order valence-corrected chi connectivity index (χ4v) is 9.41. The van der Waals surface area contributed by atoms with Crippen LogP contribution < -0.4 is 19.3 Å². The molecule has 10 rings (SSSR count). The summed E-state index contributed by atoms with van der Waals surface area (Å²) in [5.74, 6) is 1.04. The van der Waals surface area contributed by atoms with Gasteiger partial charge in [-0.1, -0.05) is 30.3 Å². The van der Waals surface area contributed by atoms with Crippen molar-refractivity contribution in [3.05, 3.63) is 118 Å². The van der Waals surface area contributed by atoms with Crippen LogP contribution in [0.15, 0.2) is 84.9 Å². The van der Waals surface area contributed by atoms with Gasteiger partial charge in [0.1, 0.15) is 5.75 Å². The molecule has 2 amide bonds. The first kappa shape index (κ1) is 35.6. The van der Waals surface area contributed by atoms with Crippen molar-refractivity contribution in [3.8, 4) is 28.5 Å². The summed E-state index contributed by atoms with van der Waals surface area (Å²) in [4.78, 5) is 38.9. The normalized spacial score (nSPS) is 18.6. The van der Waals surface area contributed by atoms with Crippen LogP contribution in [0.2, 0.25) is 0 Å². The Morgan fingerprint density at radius 1 is 0.789 bits per heavy atom. The summed E-state index contributed by atoms with van der Waals surface area (Å²) >= 11 is 0. The van der Waals surface area contributed by atoms with Crippen molar-refractivity contribution in [2.24, 2.45) is 0 Å². The van der Waals surface area contributed by atoms with Crippen LogP contribution in [0.1, 0.15) is 55.9 Å². The van der Waals surface area contributed by atoms with E-state index >= 15 is 9.59 Å². The van der Waals surface area contributed by atoms with E-state index in [1.807, 2.05) is 35.2 Å². The van der Waals surface area contributed by atoms with Crippen LogP contribution in [0.25, 0.3) is 11.3 Å². The van der Waals surface area contributed by atoms with E-state index in [9.17, 15) is 5.11 Å². The van der Waals surface area contributed by atoms with Gasteiger partial charge in [0, 0.05) is 80.7 Å². The number of anilines is 3. The molecule has 4 aromatic carbocycles. The predicted molar refractivity (Wildman–Crippen MR) is 218 cm³/mol. The molecule has 57 heavy (non-hydrogen) atoms. The van der Waals surface area contributed by atoms with Crippen molar-refractivity contribution in [2.45, 2.75) is 51.2 Å². The molecule has 1 fully saturated rings. The Kier molecular flexibility index (Phi) is 9.14. The maximum absolute atomic E-state index is 15.3. The minimum atomic E-state index is -0.162. The van der Waals surface area contributed by atoms with Gasteiger partial charge in [0.05, 0.1) is 30.0 Å². The van der Waals surface area contributed by atoms with Gasteiger partial charge in [-0.3, -0.25) is 19.4 Å². The average molecular weight is 766 g/mol. The van der Waals surface area contributed by atoms with Crippen molar-refractivity contribution in [3.63, 3.8) is 0 Å². The van der Waals surface area contributed by atoms with Crippen LogP contribution >= 0.6 is 0 Å². The molecule has 5 aromatic rings. The highest BCUT2D eigenvalue weighted by atomic mass is 16.7. The van der Waals surface area contributed by atoms with Crippen molar-refractivity contribution in [2.75, 3.05) is 63.0 Å². The summed E-state index contributed by atoms with van der Waals surface area (Å²) in [5.41, 5.74) is 9.85. The van der Waals surface area contributed by atoms with Gasteiger partial charge < -0.3 is 33.7 Å². The van der Waals surface area contributed by atoms with Gasteiger partial charge in [0.15, 0.2) is 11.5 Å². The van der Waals surface area contributed by atoms with Crippen molar-refractivity contribution in [1.29, 1.82) is 0 Å². The lowest BCUT2D eigenvalue weighted by Crippen LogP contribution is -2.52. The zero-order valence-corrected chi connectivity index (χ0v) is 32.3. The number of aromatic nitrogens is 1.